The Bertz CT molecular complexity index is 579. The van der Waals surface area contributed by atoms with Crippen molar-refractivity contribution in [2.24, 2.45) is 12.8 Å². The fourth-order valence-corrected chi connectivity index (χ4v) is 1.57. The first-order valence-electron chi connectivity index (χ1n) is 5.36. The molecule has 0 aliphatic heterocycles. The minimum Gasteiger partial charge on any atom is -0.379 e. The number of anilines is 1. The Hall–Kier alpha value is -2.37. The molecular weight excluding hydrogens is 235 g/mol. The molecule has 0 saturated heterocycles. The number of aromatic nitrogens is 2. The van der Waals surface area contributed by atoms with E-state index in [-0.39, 0.29) is 5.56 Å². The molecule has 0 saturated carbocycles. The molecule has 5 nitrogen and oxygen atoms in total. The van der Waals surface area contributed by atoms with Gasteiger partial charge in [-0.1, -0.05) is 0 Å². The molecule has 2 aromatic rings. The van der Waals surface area contributed by atoms with Gasteiger partial charge >= 0.3 is 0 Å². The molecule has 0 aliphatic carbocycles. The van der Waals surface area contributed by atoms with Crippen molar-refractivity contribution in [3.05, 3.63) is 47.8 Å². The van der Waals surface area contributed by atoms with E-state index in [2.05, 4.69) is 10.3 Å². The second kappa shape index (κ2) is 4.87. The summed E-state index contributed by atoms with van der Waals surface area (Å²) in [6.45, 7) is 0.528. The third-order valence-electron chi connectivity index (χ3n) is 2.62. The molecule has 1 aromatic heterocycles. The molecule has 6 heteroatoms. The van der Waals surface area contributed by atoms with E-state index in [4.69, 9.17) is 5.73 Å². The zero-order valence-electron chi connectivity index (χ0n) is 9.85. The van der Waals surface area contributed by atoms with E-state index in [1.807, 2.05) is 11.6 Å². The summed E-state index contributed by atoms with van der Waals surface area (Å²) >= 11 is 0. The SMILES string of the molecule is Cn1cncc1CNc1ccc(F)c(C(N)=O)c1. The number of amides is 1. The topological polar surface area (TPSA) is 72.9 Å². The van der Waals surface area contributed by atoms with Crippen LogP contribution in [0.2, 0.25) is 0 Å². The van der Waals surface area contributed by atoms with E-state index in [1.165, 1.54) is 12.1 Å². The average Bonchev–Trinajstić information content (AvgIpc) is 2.73. The van der Waals surface area contributed by atoms with Crippen LogP contribution in [0.4, 0.5) is 10.1 Å². The first kappa shape index (κ1) is 12.1. The van der Waals surface area contributed by atoms with Crippen LogP contribution in [0.3, 0.4) is 0 Å². The van der Waals surface area contributed by atoms with Crippen LogP contribution in [-0.4, -0.2) is 15.5 Å². The number of nitrogens with one attached hydrogen (secondary N) is 1. The molecule has 0 bridgehead atoms. The quantitative estimate of drug-likeness (QED) is 0.855. The second-order valence-corrected chi connectivity index (χ2v) is 3.91. The first-order valence-corrected chi connectivity index (χ1v) is 5.36. The Balaban J connectivity index is 2.13. The lowest BCUT2D eigenvalue weighted by Gasteiger charge is -2.08. The van der Waals surface area contributed by atoms with Crippen LogP contribution in [0.5, 0.6) is 0 Å². The van der Waals surface area contributed by atoms with Crippen molar-refractivity contribution in [1.82, 2.24) is 9.55 Å². The van der Waals surface area contributed by atoms with Gasteiger partial charge in [-0.05, 0) is 18.2 Å². The van der Waals surface area contributed by atoms with Gasteiger partial charge < -0.3 is 15.6 Å². The summed E-state index contributed by atoms with van der Waals surface area (Å²) in [5.74, 6) is -1.40. The fraction of sp³-hybridized carbons (Fsp3) is 0.167. The lowest BCUT2D eigenvalue weighted by atomic mass is 10.2. The maximum absolute atomic E-state index is 13.3. The Morgan fingerprint density at radius 2 is 2.33 bits per heavy atom. The number of hydrogen-bond donors (Lipinski definition) is 2. The van der Waals surface area contributed by atoms with Crippen LogP contribution in [0.1, 0.15) is 16.1 Å². The highest BCUT2D eigenvalue weighted by atomic mass is 19.1. The molecule has 1 aromatic carbocycles. The van der Waals surface area contributed by atoms with Crippen molar-refractivity contribution >= 4 is 11.6 Å². The van der Waals surface area contributed by atoms with Crippen molar-refractivity contribution in [1.29, 1.82) is 0 Å². The van der Waals surface area contributed by atoms with Gasteiger partial charge in [-0.25, -0.2) is 9.37 Å². The predicted octanol–water partition coefficient (Wildman–Crippen LogP) is 1.27. The Kier molecular flexibility index (Phi) is 3.27. The van der Waals surface area contributed by atoms with E-state index >= 15 is 0 Å². The van der Waals surface area contributed by atoms with Gasteiger partial charge in [0.25, 0.3) is 5.91 Å². The molecule has 0 spiro atoms. The van der Waals surface area contributed by atoms with Crippen LogP contribution >= 0.6 is 0 Å². The molecule has 0 fully saturated rings. The van der Waals surface area contributed by atoms with Crippen LogP contribution in [0, 0.1) is 5.82 Å². The lowest BCUT2D eigenvalue weighted by Crippen LogP contribution is -2.14. The predicted molar refractivity (Wildman–Crippen MR) is 65.5 cm³/mol. The van der Waals surface area contributed by atoms with Gasteiger partial charge in [0, 0.05) is 18.9 Å². The van der Waals surface area contributed by atoms with Crippen molar-refractivity contribution in [3.63, 3.8) is 0 Å². The molecule has 1 amide bonds. The molecular formula is C12H13FN4O. The van der Waals surface area contributed by atoms with Crippen molar-refractivity contribution in [2.75, 3.05) is 5.32 Å². The number of nitrogens with two attached hydrogens (primary N) is 1. The minimum atomic E-state index is -0.781. The molecule has 3 N–H and O–H groups in total. The summed E-state index contributed by atoms with van der Waals surface area (Å²) in [5, 5.41) is 3.08. The van der Waals surface area contributed by atoms with Crippen LogP contribution in [-0.2, 0) is 13.6 Å². The number of aryl methyl sites for hydroxylation is 1. The van der Waals surface area contributed by atoms with Crippen LogP contribution in [0.15, 0.2) is 30.7 Å². The summed E-state index contributed by atoms with van der Waals surface area (Å²) in [6, 6.07) is 4.16. The van der Waals surface area contributed by atoms with E-state index in [0.29, 0.717) is 12.2 Å². The minimum absolute atomic E-state index is 0.120. The molecule has 2 rings (SSSR count). The monoisotopic (exact) mass is 248 g/mol. The standard InChI is InChI=1S/C12H13FN4O/c1-17-7-15-5-9(17)6-16-8-2-3-11(13)10(4-8)12(14)18/h2-5,7,16H,6H2,1H3,(H2,14,18). The van der Waals surface area contributed by atoms with Gasteiger partial charge in [0.1, 0.15) is 5.82 Å². The van der Waals surface area contributed by atoms with Crippen LogP contribution < -0.4 is 11.1 Å². The lowest BCUT2D eigenvalue weighted by molar-refractivity contribution is 0.0996. The van der Waals surface area contributed by atoms with E-state index in [0.717, 1.165) is 5.69 Å². The summed E-state index contributed by atoms with van der Waals surface area (Å²) < 4.78 is 15.1. The number of halogens is 1. The highest BCUT2D eigenvalue weighted by molar-refractivity contribution is 5.94. The molecule has 0 aliphatic rings. The third kappa shape index (κ3) is 2.48. The van der Waals surface area contributed by atoms with Gasteiger partial charge in [0.05, 0.1) is 24.1 Å². The number of benzene rings is 1. The Morgan fingerprint density at radius 1 is 1.56 bits per heavy atom. The highest BCUT2D eigenvalue weighted by Crippen LogP contribution is 2.15. The molecule has 1 heterocycles. The summed E-state index contributed by atoms with van der Waals surface area (Å²) in [6.07, 6.45) is 3.42. The first-order chi connectivity index (χ1) is 8.58. The highest BCUT2D eigenvalue weighted by Gasteiger charge is 2.09. The van der Waals surface area contributed by atoms with Crippen molar-refractivity contribution < 1.29 is 9.18 Å². The number of imidazole rings is 1. The number of hydrogen-bond acceptors (Lipinski definition) is 3. The molecule has 18 heavy (non-hydrogen) atoms. The number of primary amides is 1. The maximum Gasteiger partial charge on any atom is 0.251 e. The zero-order chi connectivity index (χ0) is 13.1. The van der Waals surface area contributed by atoms with Crippen molar-refractivity contribution in [3.8, 4) is 0 Å². The zero-order valence-corrected chi connectivity index (χ0v) is 9.85. The Labute approximate surface area is 103 Å². The maximum atomic E-state index is 13.3. The Morgan fingerprint density at radius 3 is 2.94 bits per heavy atom. The number of carbonyl (C=O) groups excluding carboxylic acids is 1. The van der Waals surface area contributed by atoms with Gasteiger partial charge in [0.2, 0.25) is 0 Å². The van der Waals surface area contributed by atoms with Gasteiger partial charge in [0.15, 0.2) is 0 Å². The van der Waals surface area contributed by atoms with Crippen molar-refractivity contribution in [2.45, 2.75) is 6.54 Å². The summed E-state index contributed by atoms with van der Waals surface area (Å²) in [4.78, 5) is 15.0. The van der Waals surface area contributed by atoms with E-state index in [1.54, 1.807) is 18.6 Å². The van der Waals surface area contributed by atoms with E-state index < -0.39 is 11.7 Å². The molecule has 0 radical (unpaired) electrons. The molecule has 0 atom stereocenters. The van der Waals surface area contributed by atoms with Gasteiger partial charge in [-0.2, -0.15) is 0 Å². The largest absolute Gasteiger partial charge is 0.379 e. The smallest absolute Gasteiger partial charge is 0.251 e. The summed E-state index contributed by atoms with van der Waals surface area (Å²) in [5.41, 5.74) is 6.56. The fourth-order valence-electron chi connectivity index (χ4n) is 1.57. The summed E-state index contributed by atoms with van der Waals surface area (Å²) in [7, 11) is 1.88. The molecule has 94 valence electrons. The van der Waals surface area contributed by atoms with Gasteiger partial charge in [-0.15, -0.1) is 0 Å². The van der Waals surface area contributed by atoms with Gasteiger partial charge in [-0.3, -0.25) is 4.79 Å². The molecule has 0 unspecified atom stereocenters. The average molecular weight is 248 g/mol. The number of nitrogens with zero attached hydrogens (tertiary/aromatic N) is 2. The third-order valence-corrected chi connectivity index (χ3v) is 2.62. The van der Waals surface area contributed by atoms with E-state index in [9.17, 15) is 9.18 Å². The normalized spacial score (nSPS) is 10.3. The second-order valence-electron chi connectivity index (χ2n) is 3.91. The number of carbonyl (C=O) groups is 1. The number of rotatable bonds is 4. The van der Waals surface area contributed by atoms with Crippen LogP contribution in [0.25, 0.3) is 0 Å².